The highest BCUT2D eigenvalue weighted by Crippen LogP contribution is 2.05. The minimum Gasteiger partial charge on any atom is -0.390 e. The van der Waals surface area contributed by atoms with Crippen LogP contribution in [0.4, 0.5) is 4.79 Å². The van der Waals surface area contributed by atoms with Gasteiger partial charge in [-0.1, -0.05) is 0 Å². The van der Waals surface area contributed by atoms with Crippen LogP contribution in [-0.4, -0.2) is 53.8 Å². The van der Waals surface area contributed by atoms with Crippen LogP contribution in [0.5, 0.6) is 0 Å². The molecule has 1 heterocycles. The summed E-state index contributed by atoms with van der Waals surface area (Å²) >= 11 is 0. The second-order valence-electron chi connectivity index (χ2n) is 3.10. The number of carbonyl (C=O) groups excluding carboxylic acids is 1. The Morgan fingerprint density at radius 3 is 2.62 bits per heavy atom. The van der Waals surface area contributed by atoms with Crippen molar-refractivity contribution in [3.8, 4) is 0 Å². The van der Waals surface area contributed by atoms with Crippen LogP contribution in [0.2, 0.25) is 6.04 Å². The lowest BCUT2D eigenvalue weighted by Gasteiger charge is -2.15. The Bertz CT molecular complexity index is 194. The van der Waals surface area contributed by atoms with Crippen LogP contribution in [0.15, 0.2) is 0 Å². The van der Waals surface area contributed by atoms with Crippen molar-refractivity contribution in [3.63, 3.8) is 0 Å². The van der Waals surface area contributed by atoms with E-state index in [4.69, 9.17) is 14.4 Å². The standard InChI is InChI=1S/C6H14N2O4Si/c9-6-7-2-4-8(6)3-1-5-13(10,11)12/h10-12H,1-5H2,(H,7,9). The fourth-order valence-corrected chi connectivity index (χ4v) is 1.86. The summed E-state index contributed by atoms with van der Waals surface area (Å²) in [6.07, 6.45) is 0.420. The van der Waals surface area contributed by atoms with Gasteiger partial charge in [-0.2, -0.15) is 0 Å². The molecule has 0 aromatic heterocycles. The van der Waals surface area contributed by atoms with Gasteiger partial charge in [-0.05, 0) is 6.42 Å². The minimum absolute atomic E-state index is 0.0171. The number of urea groups is 1. The van der Waals surface area contributed by atoms with Crippen molar-refractivity contribution in [1.82, 2.24) is 10.2 Å². The van der Waals surface area contributed by atoms with Crippen LogP contribution < -0.4 is 5.32 Å². The highest BCUT2D eigenvalue weighted by molar-refractivity contribution is 6.56. The molecule has 0 aliphatic carbocycles. The molecule has 4 N–H and O–H groups in total. The molecule has 0 aromatic carbocycles. The lowest BCUT2D eigenvalue weighted by molar-refractivity contribution is 0.209. The van der Waals surface area contributed by atoms with E-state index in [1.165, 1.54) is 0 Å². The maximum absolute atomic E-state index is 11.0. The van der Waals surface area contributed by atoms with Crippen molar-refractivity contribution < 1.29 is 19.2 Å². The van der Waals surface area contributed by atoms with Crippen molar-refractivity contribution in [1.29, 1.82) is 0 Å². The van der Waals surface area contributed by atoms with Crippen molar-refractivity contribution in [2.75, 3.05) is 19.6 Å². The minimum atomic E-state index is -3.91. The van der Waals surface area contributed by atoms with Crippen LogP contribution >= 0.6 is 0 Å². The zero-order valence-corrected chi connectivity index (χ0v) is 8.23. The molecule has 0 spiro atoms. The van der Waals surface area contributed by atoms with Gasteiger partial charge in [0.05, 0.1) is 0 Å². The summed E-state index contributed by atoms with van der Waals surface area (Å²) in [6.45, 7) is 1.75. The zero-order chi connectivity index (χ0) is 9.90. The van der Waals surface area contributed by atoms with Gasteiger partial charge in [0.15, 0.2) is 0 Å². The molecule has 0 aromatic rings. The number of rotatable bonds is 4. The summed E-state index contributed by atoms with van der Waals surface area (Å²) in [5.41, 5.74) is 0. The van der Waals surface area contributed by atoms with E-state index in [-0.39, 0.29) is 12.1 Å². The topological polar surface area (TPSA) is 93.0 Å². The van der Waals surface area contributed by atoms with Crippen LogP contribution in [0.3, 0.4) is 0 Å². The lowest BCUT2D eigenvalue weighted by Crippen LogP contribution is -2.36. The molecule has 2 amide bonds. The van der Waals surface area contributed by atoms with E-state index in [0.717, 1.165) is 0 Å². The van der Waals surface area contributed by atoms with Crippen LogP contribution in [0, 0.1) is 0 Å². The largest absolute Gasteiger partial charge is 0.492 e. The molecule has 0 saturated carbocycles. The molecule has 0 bridgehead atoms. The summed E-state index contributed by atoms with van der Waals surface area (Å²) in [5.74, 6) is 0. The lowest BCUT2D eigenvalue weighted by atomic mass is 10.4. The molecule has 0 unspecified atom stereocenters. The number of nitrogens with zero attached hydrogens (tertiary/aromatic N) is 1. The zero-order valence-electron chi connectivity index (χ0n) is 7.23. The number of hydrogen-bond acceptors (Lipinski definition) is 4. The molecule has 1 aliphatic heterocycles. The number of carbonyl (C=O) groups is 1. The first kappa shape index (κ1) is 10.4. The predicted octanol–water partition coefficient (Wildman–Crippen LogP) is -1.68. The number of hydrogen-bond donors (Lipinski definition) is 4. The van der Waals surface area contributed by atoms with Gasteiger partial charge in [0.2, 0.25) is 0 Å². The summed E-state index contributed by atoms with van der Waals surface area (Å²) < 4.78 is 0. The quantitative estimate of drug-likeness (QED) is 0.413. The highest BCUT2D eigenvalue weighted by atomic mass is 28.4. The van der Waals surface area contributed by atoms with Crippen molar-refractivity contribution in [2.24, 2.45) is 0 Å². The normalized spacial score (nSPS) is 17.8. The Labute approximate surface area is 77.2 Å². The maximum Gasteiger partial charge on any atom is 0.492 e. The predicted molar refractivity (Wildman–Crippen MR) is 46.8 cm³/mol. The molecule has 13 heavy (non-hydrogen) atoms. The molecule has 1 aliphatic rings. The van der Waals surface area contributed by atoms with Crippen molar-refractivity contribution in [3.05, 3.63) is 0 Å². The smallest absolute Gasteiger partial charge is 0.390 e. The Morgan fingerprint density at radius 1 is 1.46 bits per heavy atom. The van der Waals surface area contributed by atoms with Gasteiger partial charge in [-0.3, -0.25) is 0 Å². The number of amides is 2. The Balaban J connectivity index is 2.16. The third-order valence-corrected chi connectivity index (χ3v) is 2.91. The second-order valence-corrected chi connectivity index (χ2v) is 5.15. The van der Waals surface area contributed by atoms with Crippen molar-refractivity contribution >= 4 is 14.8 Å². The first-order valence-corrected chi connectivity index (χ1v) is 6.24. The van der Waals surface area contributed by atoms with Gasteiger partial charge < -0.3 is 24.6 Å². The van der Waals surface area contributed by atoms with Crippen LogP contribution in [0.1, 0.15) is 6.42 Å². The van der Waals surface area contributed by atoms with Gasteiger partial charge in [-0.25, -0.2) is 4.79 Å². The van der Waals surface area contributed by atoms with E-state index < -0.39 is 8.80 Å². The molecule has 1 fully saturated rings. The molecule has 0 radical (unpaired) electrons. The summed E-state index contributed by atoms with van der Waals surface area (Å²) in [6, 6.07) is -0.141. The molecule has 0 atom stereocenters. The van der Waals surface area contributed by atoms with E-state index in [9.17, 15) is 4.79 Å². The SMILES string of the molecule is O=C1NCCN1CCC[Si](O)(O)O. The number of nitrogens with one attached hydrogen (secondary N) is 1. The van der Waals surface area contributed by atoms with E-state index in [0.29, 0.717) is 26.1 Å². The van der Waals surface area contributed by atoms with Gasteiger partial charge in [-0.15, -0.1) is 0 Å². The molecular formula is C6H14N2O4Si. The average molecular weight is 206 g/mol. The van der Waals surface area contributed by atoms with Gasteiger partial charge in [0.25, 0.3) is 0 Å². The Morgan fingerprint density at radius 2 is 2.15 bits per heavy atom. The fraction of sp³-hybridized carbons (Fsp3) is 0.833. The summed E-state index contributed by atoms with van der Waals surface area (Å²) in [7, 11) is -3.91. The molecule has 1 rings (SSSR count). The monoisotopic (exact) mass is 206 g/mol. The molecule has 76 valence electrons. The van der Waals surface area contributed by atoms with E-state index in [1.807, 2.05) is 0 Å². The van der Waals surface area contributed by atoms with Gasteiger partial charge in [0.1, 0.15) is 0 Å². The molecular weight excluding hydrogens is 192 g/mol. The molecule has 6 nitrogen and oxygen atoms in total. The van der Waals surface area contributed by atoms with Crippen LogP contribution in [0.25, 0.3) is 0 Å². The summed E-state index contributed by atoms with van der Waals surface area (Å²) in [5, 5.41) is 2.63. The average Bonchev–Trinajstić information content (AvgIpc) is 2.34. The Kier molecular flexibility index (Phi) is 3.26. The summed E-state index contributed by atoms with van der Waals surface area (Å²) in [4.78, 5) is 38.6. The van der Waals surface area contributed by atoms with Crippen molar-refractivity contribution in [2.45, 2.75) is 12.5 Å². The third-order valence-electron chi connectivity index (χ3n) is 1.89. The van der Waals surface area contributed by atoms with Crippen LogP contribution in [-0.2, 0) is 0 Å². The molecule has 1 saturated heterocycles. The fourth-order valence-electron chi connectivity index (χ4n) is 1.23. The highest BCUT2D eigenvalue weighted by Gasteiger charge is 2.27. The van der Waals surface area contributed by atoms with Gasteiger partial charge >= 0.3 is 14.8 Å². The first-order chi connectivity index (χ1) is 5.99. The van der Waals surface area contributed by atoms with E-state index >= 15 is 0 Å². The molecule has 7 heteroatoms. The third kappa shape index (κ3) is 3.72. The van der Waals surface area contributed by atoms with Gasteiger partial charge in [0, 0.05) is 25.7 Å². The second kappa shape index (κ2) is 4.05. The maximum atomic E-state index is 11.0. The van der Waals surface area contributed by atoms with E-state index in [2.05, 4.69) is 5.32 Å². The first-order valence-electron chi connectivity index (χ1n) is 4.19. The Hall–Kier alpha value is -0.633. The van der Waals surface area contributed by atoms with E-state index in [1.54, 1.807) is 4.90 Å².